The SMILES string of the molecule is CCCOc1cccc(CNC(=O)N2CCC[C@]2(C)CO)c1. The molecule has 1 saturated heterocycles. The van der Waals surface area contributed by atoms with E-state index in [1.54, 1.807) is 4.90 Å². The third kappa shape index (κ3) is 3.91. The molecule has 0 spiro atoms. The van der Waals surface area contributed by atoms with Crippen LogP contribution in [0.25, 0.3) is 0 Å². The first-order chi connectivity index (χ1) is 10.6. The molecule has 122 valence electrons. The highest BCUT2D eigenvalue weighted by atomic mass is 16.5. The molecule has 0 radical (unpaired) electrons. The minimum atomic E-state index is -0.434. The molecular weight excluding hydrogens is 280 g/mol. The summed E-state index contributed by atoms with van der Waals surface area (Å²) >= 11 is 0. The Morgan fingerprint density at radius 2 is 2.32 bits per heavy atom. The average molecular weight is 306 g/mol. The first-order valence-electron chi connectivity index (χ1n) is 7.97. The predicted molar refractivity (Wildman–Crippen MR) is 85.9 cm³/mol. The van der Waals surface area contributed by atoms with E-state index in [1.807, 2.05) is 31.2 Å². The van der Waals surface area contributed by atoms with Gasteiger partial charge in [-0.25, -0.2) is 4.79 Å². The monoisotopic (exact) mass is 306 g/mol. The smallest absolute Gasteiger partial charge is 0.318 e. The maximum atomic E-state index is 12.3. The summed E-state index contributed by atoms with van der Waals surface area (Å²) in [6.07, 6.45) is 2.75. The van der Waals surface area contributed by atoms with Crippen molar-refractivity contribution in [2.24, 2.45) is 0 Å². The van der Waals surface area contributed by atoms with Crippen molar-refractivity contribution in [1.29, 1.82) is 0 Å². The third-order valence-corrected chi connectivity index (χ3v) is 4.15. The van der Waals surface area contributed by atoms with Crippen molar-refractivity contribution in [3.05, 3.63) is 29.8 Å². The number of rotatable bonds is 6. The zero-order valence-corrected chi connectivity index (χ0v) is 13.5. The van der Waals surface area contributed by atoms with E-state index >= 15 is 0 Å². The van der Waals surface area contributed by atoms with Crippen molar-refractivity contribution < 1.29 is 14.6 Å². The summed E-state index contributed by atoms with van der Waals surface area (Å²) in [5.41, 5.74) is 0.572. The Morgan fingerprint density at radius 1 is 1.50 bits per heavy atom. The lowest BCUT2D eigenvalue weighted by Crippen LogP contribution is -2.51. The lowest BCUT2D eigenvalue weighted by molar-refractivity contribution is 0.0973. The minimum absolute atomic E-state index is 0.000757. The molecule has 22 heavy (non-hydrogen) atoms. The lowest BCUT2D eigenvalue weighted by atomic mass is 10.0. The number of hydrogen-bond donors (Lipinski definition) is 2. The van der Waals surface area contributed by atoms with Crippen LogP contribution >= 0.6 is 0 Å². The molecule has 0 bridgehead atoms. The van der Waals surface area contributed by atoms with Gasteiger partial charge in [0.1, 0.15) is 5.75 Å². The Morgan fingerprint density at radius 3 is 3.05 bits per heavy atom. The van der Waals surface area contributed by atoms with E-state index in [4.69, 9.17) is 4.74 Å². The molecule has 2 N–H and O–H groups in total. The van der Waals surface area contributed by atoms with Crippen LogP contribution in [0.3, 0.4) is 0 Å². The first-order valence-corrected chi connectivity index (χ1v) is 7.97. The van der Waals surface area contributed by atoms with Crippen molar-refractivity contribution in [3.8, 4) is 5.75 Å². The molecule has 0 aliphatic carbocycles. The van der Waals surface area contributed by atoms with E-state index < -0.39 is 5.54 Å². The van der Waals surface area contributed by atoms with Gasteiger partial charge in [-0.2, -0.15) is 0 Å². The third-order valence-electron chi connectivity index (χ3n) is 4.15. The van der Waals surface area contributed by atoms with Crippen molar-refractivity contribution in [2.45, 2.75) is 45.2 Å². The second-order valence-electron chi connectivity index (χ2n) is 6.06. The average Bonchev–Trinajstić information content (AvgIpc) is 2.93. The van der Waals surface area contributed by atoms with Gasteiger partial charge in [0.15, 0.2) is 0 Å². The van der Waals surface area contributed by atoms with Gasteiger partial charge in [-0.1, -0.05) is 19.1 Å². The number of nitrogens with one attached hydrogen (secondary N) is 1. The van der Waals surface area contributed by atoms with Crippen LogP contribution in [0, 0.1) is 0 Å². The number of likely N-dealkylation sites (tertiary alicyclic amines) is 1. The molecule has 0 saturated carbocycles. The Kier molecular flexibility index (Phi) is 5.66. The van der Waals surface area contributed by atoms with Crippen LogP contribution in [0.1, 0.15) is 38.7 Å². The molecule has 1 aliphatic heterocycles. The van der Waals surface area contributed by atoms with Gasteiger partial charge < -0.3 is 20.1 Å². The van der Waals surface area contributed by atoms with Crippen LogP contribution in [-0.2, 0) is 6.54 Å². The van der Waals surface area contributed by atoms with Crippen molar-refractivity contribution in [2.75, 3.05) is 19.8 Å². The molecule has 1 atom stereocenters. The fourth-order valence-corrected chi connectivity index (χ4v) is 2.77. The fourth-order valence-electron chi connectivity index (χ4n) is 2.77. The number of urea groups is 1. The first kappa shape index (κ1) is 16.6. The highest BCUT2D eigenvalue weighted by Gasteiger charge is 2.38. The number of amides is 2. The summed E-state index contributed by atoms with van der Waals surface area (Å²) in [5.74, 6) is 0.829. The minimum Gasteiger partial charge on any atom is -0.494 e. The number of hydrogen-bond acceptors (Lipinski definition) is 3. The van der Waals surface area contributed by atoms with Crippen LogP contribution in [0.15, 0.2) is 24.3 Å². The quantitative estimate of drug-likeness (QED) is 0.849. The molecular formula is C17H26N2O3. The van der Waals surface area contributed by atoms with E-state index in [1.165, 1.54) is 0 Å². The maximum absolute atomic E-state index is 12.3. The number of aliphatic hydroxyl groups is 1. The summed E-state index contributed by atoms with van der Waals surface area (Å²) in [7, 11) is 0. The zero-order valence-electron chi connectivity index (χ0n) is 13.5. The molecule has 1 aliphatic rings. The summed E-state index contributed by atoms with van der Waals surface area (Å²) in [6.45, 7) is 5.85. The van der Waals surface area contributed by atoms with Crippen LogP contribution in [0.2, 0.25) is 0 Å². The predicted octanol–water partition coefficient (Wildman–Crippen LogP) is 2.53. The summed E-state index contributed by atoms with van der Waals surface area (Å²) in [4.78, 5) is 14.1. The number of carbonyl (C=O) groups is 1. The number of carbonyl (C=O) groups excluding carboxylic acids is 1. The normalized spacial score (nSPS) is 21.0. The largest absolute Gasteiger partial charge is 0.494 e. The highest BCUT2D eigenvalue weighted by Crippen LogP contribution is 2.28. The van der Waals surface area contributed by atoms with Gasteiger partial charge in [-0.3, -0.25) is 0 Å². The molecule has 1 fully saturated rings. The van der Waals surface area contributed by atoms with Gasteiger partial charge in [0.2, 0.25) is 0 Å². The standard InChI is InChI=1S/C17H26N2O3/c1-3-10-22-15-7-4-6-14(11-15)12-18-16(21)19-9-5-8-17(19,2)13-20/h4,6-7,11,20H,3,5,8-10,12-13H2,1-2H3,(H,18,21)/t17-/m1/s1. The molecule has 2 amide bonds. The van der Waals surface area contributed by atoms with Gasteiger partial charge >= 0.3 is 6.03 Å². The highest BCUT2D eigenvalue weighted by molar-refractivity contribution is 5.75. The van der Waals surface area contributed by atoms with Crippen LogP contribution in [-0.4, -0.2) is 41.3 Å². The Labute approximate surface area is 132 Å². The molecule has 0 aromatic heterocycles. The number of ether oxygens (including phenoxy) is 1. The Balaban J connectivity index is 1.91. The van der Waals surface area contributed by atoms with E-state index in [9.17, 15) is 9.90 Å². The van der Waals surface area contributed by atoms with Crippen molar-refractivity contribution in [3.63, 3.8) is 0 Å². The number of aliphatic hydroxyl groups excluding tert-OH is 1. The van der Waals surface area contributed by atoms with Gasteiger partial charge in [0.05, 0.1) is 18.8 Å². The summed E-state index contributed by atoms with van der Waals surface area (Å²) in [5, 5.41) is 12.4. The summed E-state index contributed by atoms with van der Waals surface area (Å²) in [6, 6.07) is 7.65. The number of nitrogens with zero attached hydrogens (tertiary/aromatic N) is 1. The zero-order chi connectivity index (χ0) is 16.0. The van der Waals surface area contributed by atoms with Crippen molar-refractivity contribution >= 4 is 6.03 Å². The van der Waals surface area contributed by atoms with Gasteiger partial charge in [-0.05, 0) is 43.9 Å². The Hall–Kier alpha value is -1.75. The van der Waals surface area contributed by atoms with Crippen LogP contribution < -0.4 is 10.1 Å². The molecule has 5 heteroatoms. The second kappa shape index (κ2) is 7.49. The Bertz CT molecular complexity index is 506. The van der Waals surface area contributed by atoms with Crippen LogP contribution in [0.4, 0.5) is 4.79 Å². The maximum Gasteiger partial charge on any atom is 0.318 e. The fraction of sp³-hybridized carbons (Fsp3) is 0.588. The van der Waals surface area contributed by atoms with Gasteiger partial charge in [-0.15, -0.1) is 0 Å². The lowest BCUT2D eigenvalue weighted by Gasteiger charge is -2.33. The molecule has 2 rings (SSSR count). The van der Waals surface area contributed by atoms with E-state index in [2.05, 4.69) is 12.2 Å². The van der Waals surface area contributed by atoms with E-state index in [0.29, 0.717) is 19.7 Å². The molecule has 5 nitrogen and oxygen atoms in total. The van der Waals surface area contributed by atoms with Crippen molar-refractivity contribution in [1.82, 2.24) is 10.2 Å². The molecule has 1 aromatic rings. The van der Waals surface area contributed by atoms with Crippen LogP contribution in [0.5, 0.6) is 5.75 Å². The molecule has 0 unspecified atom stereocenters. The second-order valence-corrected chi connectivity index (χ2v) is 6.06. The molecule has 1 aromatic carbocycles. The van der Waals surface area contributed by atoms with Gasteiger partial charge in [0.25, 0.3) is 0 Å². The van der Waals surface area contributed by atoms with E-state index in [0.717, 1.165) is 30.6 Å². The summed E-state index contributed by atoms with van der Waals surface area (Å²) < 4.78 is 5.60. The number of benzene rings is 1. The van der Waals surface area contributed by atoms with E-state index in [-0.39, 0.29) is 12.6 Å². The van der Waals surface area contributed by atoms with Gasteiger partial charge in [0, 0.05) is 13.1 Å². The topological polar surface area (TPSA) is 61.8 Å². The molecule has 1 heterocycles.